The van der Waals surface area contributed by atoms with Crippen LogP contribution in [-0.2, 0) is 9.31 Å². The SMILES string of the molecule is CC1(C)OB(c2ccc3cc(-c4nc5ccccc5c5c4ccc4ccccc45)ccc3c2)OC1(C)C. The largest absolute Gasteiger partial charge is 0.494 e. The van der Waals surface area contributed by atoms with Crippen molar-refractivity contribution < 1.29 is 9.31 Å². The van der Waals surface area contributed by atoms with Crippen LogP contribution in [0, 0.1) is 0 Å². The van der Waals surface area contributed by atoms with Crippen LogP contribution in [0.15, 0.2) is 97.1 Å². The third kappa shape index (κ3) is 3.47. The van der Waals surface area contributed by atoms with E-state index in [-0.39, 0.29) is 18.3 Å². The van der Waals surface area contributed by atoms with E-state index in [2.05, 4.69) is 125 Å². The van der Waals surface area contributed by atoms with Gasteiger partial charge in [-0.15, -0.1) is 0 Å². The molecule has 0 unspecified atom stereocenters. The Morgan fingerprint density at radius 1 is 0.595 bits per heavy atom. The predicted octanol–water partition coefficient (Wildman–Crippen LogP) is 7.66. The molecule has 1 aromatic heterocycles. The Kier molecular flexibility index (Phi) is 4.79. The first-order valence-electron chi connectivity index (χ1n) is 12.9. The van der Waals surface area contributed by atoms with Gasteiger partial charge in [-0.3, -0.25) is 0 Å². The van der Waals surface area contributed by atoms with E-state index in [1.54, 1.807) is 0 Å². The normalized spacial score (nSPS) is 16.8. The lowest BCUT2D eigenvalue weighted by Crippen LogP contribution is -2.41. The Morgan fingerprint density at radius 3 is 2.05 bits per heavy atom. The molecule has 180 valence electrons. The number of nitrogens with zero attached hydrogens (tertiary/aromatic N) is 1. The molecule has 0 radical (unpaired) electrons. The first-order chi connectivity index (χ1) is 17.8. The molecule has 0 saturated carbocycles. The highest BCUT2D eigenvalue weighted by atomic mass is 16.7. The Bertz CT molecular complexity index is 1830. The van der Waals surface area contributed by atoms with Gasteiger partial charge in [0.2, 0.25) is 0 Å². The number of aromatic nitrogens is 1. The molecule has 5 aromatic carbocycles. The lowest BCUT2D eigenvalue weighted by atomic mass is 9.78. The fourth-order valence-corrected chi connectivity index (χ4v) is 5.48. The second-order valence-electron chi connectivity index (χ2n) is 11.1. The molecule has 0 amide bonds. The van der Waals surface area contributed by atoms with E-state index in [4.69, 9.17) is 14.3 Å². The van der Waals surface area contributed by atoms with Crippen LogP contribution < -0.4 is 5.46 Å². The van der Waals surface area contributed by atoms with Crippen LogP contribution >= 0.6 is 0 Å². The van der Waals surface area contributed by atoms with E-state index in [1.165, 1.54) is 32.3 Å². The number of benzene rings is 5. The summed E-state index contributed by atoms with van der Waals surface area (Å²) in [5.74, 6) is 0. The predicted molar refractivity (Wildman–Crippen MR) is 155 cm³/mol. The average molecular weight is 481 g/mol. The van der Waals surface area contributed by atoms with Crippen molar-refractivity contribution in [3.63, 3.8) is 0 Å². The molecule has 6 aromatic rings. The molecule has 1 saturated heterocycles. The molecule has 3 nitrogen and oxygen atoms in total. The van der Waals surface area contributed by atoms with Gasteiger partial charge in [-0.1, -0.05) is 84.9 Å². The Labute approximate surface area is 217 Å². The summed E-state index contributed by atoms with van der Waals surface area (Å²) in [6.45, 7) is 8.35. The van der Waals surface area contributed by atoms with E-state index >= 15 is 0 Å². The molecule has 2 heterocycles. The molecule has 0 bridgehead atoms. The number of pyridine rings is 1. The van der Waals surface area contributed by atoms with Crippen molar-refractivity contribution in [2.45, 2.75) is 38.9 Å². The van der Waals surface area contributed by atoms with Crippen molar-refractivity contribution in [2.24, 2.45) is 0 Å². The van der Waals surface area contributed by atoms with Crippen LogP contribution in [0.3, 0.4) is 0 Å². The fraction of sp³-hybridized carbons (Fsp3) is 0.182. The van der Waals surface area contributed by atoms with Crippen molar-refractivity contribution >= 4 is 55.8 Å². The van der Waals surface area contributed by atoms with Crippen molar-refractivity contribution in [1.29, 1.82) is 0 Å². The van der Waals surface area contributed by atoms with Crippen LogP contribution in [0.2, 0.25) is 0 Å². The number of fused-ring (bicyclic) bond motifs is 6. The zero-order valence-electron chi connectivity index (χ0n) is 21.6. The molecule has 0 N–H and O–H groups in total. The van der Waals surface area contributed by atoms with Crippen LogP contribution in [-0.4, -0.2) is 23.3 Å². The first-order valence-corrected chi connectivity index (χ1v) is 12.9. The van der Waals surface area contributed by atoms with Gasteiger partial charge < -0.3 is 9.31 Å². The van der Waals surface area contributed by atoms with Gasteiger partial charge in [0.05, 0.1) is 22.4 Å². The summed E-state index contributed by atoms with van der Waals surface area (Å²) in [4.78, 5) is 5.16. The highest BCUT2D eigenvalue weighted by molar-refractivity contribution is 6.62. The summed E-state index contributed by atoms with van der Waals surface area (Å²) in [5.41, 5.74) is 3.46. The third-order valence-corrected chi connectivity index (χ3v) is 8.25. The number of rotatable bonds is 2. The van der Waals surface area contributed by atoms with Crippen molar-refractivity contribution in [1.82, 2.24) is 4.98 Å². The summed E-state index contributed by atoms with van der Waals surface area (Å²) < 4.78 is 12.6. The number of hydrogen-bond acceptors (Lipinski definition) is 3. The number of para-hydroxylation sites is 1. The van der Waals surface area contributed by atoms with Crippen molar-refractivity contribution in [3.8, 4) is 11.3 Å². The van der Waals surface area contributed by atoms with E-state index in [9.17, 15) is 0 Å². The molecular formula is C33H28BNO2. The molecule has 1 aliphatic rings. The van der Waals surface area contributed by atoms with E-state index < -0.39 is 0 Å². The summed E-state index contributed by atoms with van der Waals surface area (Å²) in [5, 5.41) is 8.44. The van der Waals surface area contributed by atoms with Crippen molar-refractivity contribution in [2.75, 3.05) is 0 Å². The summed E-state index contributed by atoms with van der Waals surface area (Å²) >= 11 is 0. The molecule has 1 aliphatic heterocycles. The van der Waals surface area contributed by atoms with E-state index in [0.29, 0.717) is 0 Å². The second kappa shape index (κ2) is 7.88. The monoisotopic (exact) mass is 481 g/mol. The standard InChI is InChI=1S/C33H28BNO2/c1-32(2)33(3,4)37-34(36-32)25-17-15-22-19-24(14-13-23(22)20-25)31-28-18-16-21-9-5-6-10-26(21)30(28)27-11-7-8-12-29(27)35-31/h5-20H,1-4H3. The van der Waals surface area contributed by atoms with E-state index in [1.807, 2.05) is 0 Å². The zero-order chi connectivity index (χ0) is 25.4. The number of hydrogen-bond donors (Lipinski definition) is 0. The Balaban J connectivity index is 1.38. The van der Waals surface area contributed by atoms with Crippen molar-refractivity contribution in [3.05, 3.63) is 97.1 Å². The van der Waals surface area contributed by atoms with Gasteiger partial charge >= 0.3 is 7.12 Å². The van der Waals surface area contributed by atoms with Gasteiger partial charge in [-0.05, 0) is 66.8 Å². The highest BCUT2D eigenvalue weighted by Crippen LogP contribution is 2.39. The molecule has 0 atom stereocenters. The Hall–Kier alpha value is -3.73. The Morgan fingerprint density at radius 2 is 1.24 bits per heavy atom. The molecule has 0 spiro atoms. The summed E-state index contributed by atoms with van der Waals surface area (Å²) in [6.07, 6.45) is 0. The van der Waals surface area contributed by atoms with Gasteiger partial charge in [0.25, 0.3) is 0 Å². The van der Waals surface area contributed by atoms with E-state index in [0.717, 1.165) is 27.6 Å². The average Bonchev–Trinajstić information content (AvgIpc) is 3.13. The minimum atomic E-state index is -0.367. The minimum Gasteiger partial charge on any atom is -0.399 e. The zero-order valence-corrected chi connectivity index (χ0v) is 21.6. The van der Waals surface area contributed by atoms with Crippen LogP contribution in [0.5, 0.6) is 0 Å². The first kappa shape index (κ1) is 22.5. The lowest BCUT2D eigenvalue weighted by molar-refractivity contribution is 0.00578. The maximum atomic E-state index is 6.28. The quantitative estimate of drug-likeness (QED) is 0.188. The fourth-order valence-electron chi connectivity index (χ4n) is 5.48. The minimum absolute atomic E-state index is 0.358. The topological polar surface area (TPSA) is 31.4 Å². The van der Waals surface area contributed by atoms with Gasteiger partial charge in [0.15, 0.2) is 0 Å². The summed E-state index contributed by atoms with van der Waals surface area (Å²) in [7, 11) is -0.367. The maximum absolute atomic E-state index is 6.28. The van der Waals surface area contributed by atoms with Gasteiger partial charge in [0, 0.05) is 21.7 Å². The third-order valence-electron chi connectivity index (χ3n) is 8.25. The molecule has 7 rings (SSSR count). The molecule has 37 heavy (non-hydrogen) atoms. The summed E-state index contributed by atoms with van der Waals surface area (Å²) in [6, 6.07) is 34.6. The molecular weight excluding hydrogens is 453 g/mol. The van der Waals surface area contributed by atoms with Crippen LogP contribution in [0.4, 0.5) is 0 Å². The second-order valence-corrected chi connectivity index (χ2v) is 11.1. The van der Waals surface area contributed by atoms with Crippen LogP contribution in [0.1, 0.15) is 27.7 Å². The van der Waals surface area contributed by atoms with Gasteiger partial charge in [-0.25, -0.2) is 4.98 Å². The lowest BCUT2D eigenvalue weighted by Gasteiger charge is -2.32. The molecule has 1 fully saturated rings. The smallest absolute Gasteiger partial charge is 0.399 e. The van der Waals surface area contributed by atoms with Gasteiger partial charge in [0.1, 0.15) is 0 Å². The van der Waals surface area contributed by atoms with Gasteiger partial charge in [-0.2, -0.15) is 0 Å². The highest BCUT2D eigenvalue weighted by Gasteiger charge is 2.51. The molecule has 0 aliphatic carbocycles. The van der Waals surface area contributed by atoms with Crippen LogP contribution in [0.25, 0.3) is 54.5 Å². The molecule has 4 heteroatoms. The maximum Gasteiger partial charge on any atom is 0.494 e.